The zero-order valence-corrected chi connectivity index (χ0v) is 21.1. The molecule has 1 amide bonds. The maximum atomic E-state index is 14.1. The van der Waals surface area contributed by atoms with E-state index in [9.17, 15) is 14.4 Å². The number of nitrogens with zero attached hydrogens (tertiary/aromatic N) is 2. The van der Waals surface area contributed by atoms with Gasteiger partial charge in [-0.3, -0.25) is 4.79 Å². The van der Waals surface area contributed by atoms with Gasteiger partial charge in [-0.25, -0.2) is 4.39 Å². The van der Waals surface area contributed by atoms with E-state index >= 15 is 0 Å². The molecule has 0 spiro atoms. The predicted octanol–water partition coefficient (Wildman–Crippen LogP) is 6.03. The fourth-order valence-electron chi connectivity index (χ4n) is 5.79. The number of rotatable bonds is 6. The second-order valence-corrected chi connectivity index (χ2v) is 10.0. The number of carbonyl (C=O) groups excluding carboxylic acids is 1. The van der Waals surface area contributed by atoms with Gasteiger partial charge in [0.15, 0.2) is 0 Å². The summed E-state index contributed by atoms with van der Waals surface area (Å²) in [4.78, 5) is 16.2. The highest BCUT2D eigenvalue weighted by Gasteiger charge is 2.45. The maximum Gasteiger partial charge on any atom is 0.224 e. The zero-order valence-electron chi connectivity index (χ0n) is 21.1. The number of nitrogens with one attached hydrogen (secondary N) is 1. The largest absolute Gasteiger partial charge is 0.349 e. The number of carbonyl (C=O) groups is 1. The van der Waals surface area contributed by atoms with Gasteiger partial charge in [-0.15, -0.1) is 0 Å². The Balaban J connectivity index is 1.69. The summed E-state index contributed by atoms with van der Waals surface area (Å²) in [7, 11) is 2.11. The molecule has 0 aromatic heterocycles. The van der Waals surface area contributed by atoms with Gasteiger partial charge in [0.1, 0.15) is 5.82 Å². The molecule has 0 radical (unpaired) electrons. The molecule has 4 rings (SSSR count). The SMILES string of the molecule is CCC(C(=O)NC(C)c1cc(C#N)cc2ccccc12)C1(c2ccc(F)c(C)c2)CCN(C)CC1. The minimum absolute atomic E-state index is 0.0120. The lowest BCUT2D eigenvalue weighted by molar-refractivity contribution is -0.129. The van der Waals surface area contributed by atoms with Crippen LogP contribution in [0.2, 0.25) is 0 Å². The van der Waals surface area contributed by atoms with E-state index in [1.165, 1.54) is 6.07 Å². The number of likely N-dealkylation sites (tertiary alicyclic amines) is 1. The van der Waals surface area contributed by atoms with Crippen LogP contribution in [0.3, 0.4) is 0 Å². The lowest BCUT2D eigenvalue weighted by Crippen LogP contribution is -2.51. The van der Waals surface area contributed by atoms with E-state index in [1.54, 1.807) is 6.92 Å². The van der Waals surface area contributed by atoms with E-state index in [1.807, 2.05) is 55.5 Å². The van der Waals surface area contributed by atoms with Gasteiger partial charge in [0.05, 0.1) is 17.7 Å². The van der Waals surface area contributed by atoms with Crippen molar-refractivity contribution in [2.75, 3.05) is 20.1 Å². The molecule has 2 unspecified atom stereocenters. The first-order chi connectivity index (χ1) is 16.8. The quantitative estimate of drug-likeness (QED) is 0.478. The highest BCUT2D eigenvalue weighted by Crippen LogP contribution is 2.44. The third-order valence-electron chi connectivity index (χ3n) is 7.85. The number of aryl methyl sites for hydroxylation is 1. The minimum Gasteiger partial charge on any atom is -0.349 e. The van der Waals surface area contributed by atoms with Crippen molar-refractivity contribution in [1.29, 1.82) is 5.26 Å². The van der Waals surface area contributed by atoms with Crippen molar-refractivity contribution < 1.29 is 9.18 Å². The van der Waals surface area contributed by atoms with Crippen LogP contribution in [0.4, 0.5) is 4.39 Å². The van der Waals surface area contributed by atoms with Crippen LogP contribution in [0.5, 0.6) is 0 Å². The zero-order chi connectivity index (χ0) is 25.2. The summed E-state index contributed by atoms with van der Waals surface area (Å²) in [6, 6.07) is 19.1. The maximum absolute atomic E-state index is 14.1. The molecule has 5 heteroatoms. The van der Waals surface area contributed by atoms with Gasteiger partial charge < -0.3 is 10.2 Å². The smallest absolute Gasteiger partial charge is 0.224 e. The Morgan fingerprint density at radius 3 is 2.54 bits per heavy atom. The third kappa shape index (κ3) is 4.81. The minimum atomic E-state index is -0.347. The molecule has 182 valence electrons. The Morgan fingerprint density at radius 1 is 1.17 bits per heavy atom. The van der Waals surface area contributed by atoms with Gasteiger partial charge in [0, 0.05) is 11.3 Å². The van der Waals surface area contributed by atoms with Crippen LogP contribution in [0.1, 0.15) is 61.4 Å². The standard InChI is InChI=1S/C30H34FN3O/c1-5-27(30(12-14-34(4)15-13-30)24-10-11-28(31)20(2)16-24)29(35)33-21(3)26-18-22(19-32)17-23-8-6-7-9-25(23)26/h6-11,16-18,21,27H,5,12-15H2,1-4H3,(H,33,35). The molecule has 1 saturated heterocycles. The average molecular weight is 472 g/mol. The summed E-state index contributed by atoms with van der Waals surface area (Å²) >= 11 is 0. The Hall–Kier alpha value is -3.23. The number of nitriles is 1. The Bertz CT molecular complexity index is 1270. The monoisotopic (exact) mass is 471 g/mol. The molecule has 1 aliphatic heterocycles. The lowest BCUT2D eigenvalue weighted by Gasteiger charge is -2.46. The van der Waals surface area contributed by atoms with Crippen molar-refractivity contribution in [2.45, 2.75) is 51.5 Å². The van der Waals surface area contributed by atoms with Crippen molar-refractivity contribution in [1.82, 2.24) is 10.2 Å². The topological polar surface area (TPSA) is 56.1 Å². The summed E-state index contributed by atoms with van der Waals surface area (Å²) in [6.45, 7) is 7.63. The first-order valence-electron chi connectivity index (χ1n) is 12.5. The van der Waals surface area contributed by atoms with E-state index in [-0.39, 0.29) is 29.1 Å². The van der Waals surface area contributed by atoms with E-state index in [4.69, 9.17) is 0 Å². The second kappa shape index (κ2) is 10.2. The van der Waals surface area contributed by atoms with Crippen LogP contribution in [0.15, 0.2) is 54.6 Å². The summed E-state index contributed by atoms with van der Waals surface area (Å²) in [6.07, 6.45) is 2.39. The number of fused-ring (bicyclic) bond motifs is 1. The fourth-order valence-corrected chi connectivity index (χ4v) is 5.79. The Labute approximate surface area is 207 Å². The molecule has 0 saturated carbocycles. The number of hydrogen-bond donors (Lipinski definition) is 1. The van der Waals surface area contributed by atoms with Crippen molar-refractivity contribution >= 4 is 16.7 Å². The van der Waals surface area contributed by atoms with Gasteiger partial charge in [-0.1, -0.05) is 43.3 Å². The van der Waals surface area contributed by atoms with Crippen LogP contribution in [-0.4, -0.2) is 30.9 Å². The molecular weight excluding hydrogens is 437 g/mol. The summed E-state index contributed by atoms with van der Waals surface area (Å²) < 4.78 is 14.1. The number of amides is 1. The number of hydrogen-bond acceptors (Lipinski definition) is 3. The van der Waals surface area contributed by atoms with Gasteiger partial charge in [-0.05, 0) is 98.9 Å². The van der Waals surface area contributed by atoms with Crippen LogP contribution in [-0.2, 0) is 10.2 Å². The Kier molecular flexibility index (Phi) is 7.23. The molecule has 1 heterocycles. The molecule has 3 aromatic rings. The van der Waals surface area contributed by atoms with Crippen molar-refractivity contribution in [2.24, 2.45) is 5.92 Å². The normalized spacial score (nSPS) is 17.5. The van der Waals surface area contributed by atoms with E-state index < -0.39 is 0 Å². The molecule has 3 aromatic carbocycles. The Morgan fingerprint density at radius 2 is 1.89 bits per heavy atom. The molecule has 1 N–H and O–H groups in total. The van der Waals surface area contributed by atoms with E-state index in [0.717, 1.165) is 47.8 Å². The second-order valence-electron chi connectivity index (χ2n) is 10.0. The highest BCUT2D eigenvalue weighted by molar-refractivity contribution is 5.88. The van der Waals surface area contributed by atoms with E-state index in [0.29, 0.717) is 17.5 Å². The molecule has 35 heavy (non-hydrogen) atoms. The van der Waals surface area contributed by atoms with Crippen LogP contribution < -0.4 is 5.32 Å². The number of piperidine rings is 1. The van der Waals surface area contributed by atoms with Crippen LogP contribution in [0.25, 0.3) is 10.8 Å². The molecule has 1 fully saturated rings. The molecular formula is C30H34FN3O. The van der Waals surface area contributed by atoms with Gasteiger partial charge in [-0.2, -0.15) is 5.26 Å². The average Bonchev–Trinajstić information content (AvgIpc) is 2.86. The van der Waals surface area contributed by atoms with E-state index in [2.05, 4.69) is 30.3 Å². The van der Waals surface area contributed by atoms with Crippen LogP contribution in [0, 0.1) is 30.0 Å². The summed E-state index contributed by atoms with van der Waals surface area (Å²) in [5, 5.41) is 14.8. The molecule has 4 nitrogen and oxygen atoms in total. The number of benzene rings is 3. The molecule has 0 aliphatic carbocycles. The third-order valence-corrected chi connectivity index (χ3v) is 7.85. The first-order valence-corrected chi connectivity index (χ1v) is 12.5. The highest BCUT2D eigenvalue weighted by atomic mass is 19.1. The van der Waals surface area contributed by atoms with Crippen molar-refractivity contribution in [3.8, 4) is 6.07 Å². The lowest BCUT2D eigenvalue weighted by atomic mass is 9.63. The summed E-state index contributed by atoms with van der Waals surface area (Å²) in [5.74, 6) is -0.445. The van der Waals surface area contributed by atoms with Gasteiger partial charge in [0.2, 0.25) is 5.91 Å². The van der Waals surface area contributed by atoms with Crippen molar-refractivity contribution in [3.63, 3.8) is 0 Å². The fraction of sp³-hybridized carbons (Fsp3) is 0.400. The number of halogens is 1. The first kappa shape index (κ1) is 24.9. The molecule has 1 aliphatic rings. The summed E-state index contributed by atoms with van der Waals surface area (Å²) in [5.41, 5.74) is 2.85. The molecule has 0 bridgehead atoms. The van der Waals surface area contributed by atoms with Crippen LogP contribution >= 0.6 is 0 Å². The van der Waals surface area contributed by atoms with Crippen molar-refractivity contribution in [3.05, 3.63) is 82.7 Å². The predicted molar refractivity (Wildman–Crippen MR) is 139 cm³/mol. The van der Waals surface area contributed by atoms with Gasteiger partial charge >= 0.3 is 0 Å². The van der Waals surface area contributed by atoms with Gasteiger partial charge in [0.25, 0.3) is 0 Å². The molecule has 2 atom stereocenters.